The van der Waals surface area contributed by atoms with Crippen LogP contribution in [0.15, 0.2) is 12.3 Å². The first-order valence-corrected chi connectivity index (χ1v) is 4.88. The lowest BCUT2D eigenvalue weighted by atomic mass is 9.94. The fraction of sp³-hybridized carbons (Fsp3) is 0.500. The molecule has 2 unspecified atom stereocenters. The Bertz CT molecular complexity index is 335. The van der Waals surface area contributed by atoms with Crippen molar-refractivity contribution in [1.29, 1.82) is 0 Å². The van der Waals surface area contributed by atoms with Crippen molar-refractivity contribution in [2.24, 2.45) is 0 Å². The van der Waals surface area contributed by atoms with E-state index in [0.29, 0.717) is 5.15 Å². The van der Waals surface area contributed by atoms with Crippen LogP contribution in [-0.4, -0.2) is 4.98 Å². The maximum atomic E-state index is 5.85. The summed E-state index contributed by atoms with van der Waals surface area (Å²) in [5, 5.41) is 0.654. The number of halogens is 1. The molecule has 2 atom stereocenters. The number of nitrogens with zero attached hydrogens (tertiary/aromatic N) is 1. The third kappa shape index (κ3) is 0.776. The highest BCUT2D eigenvalue weighted by atomic mass is 35.5. The lowest BCUT2D eigenvalue weighted by molar-refractivity contribution is 0.713. The molecule has 0 aromatic carbocycles. The molecule has 0 saturated heterocycles. The molecule has 62 valence electrons. The first kappa shape index (κ1) is 6.90. The minimum absolute atomic E-state index is 0.654. The van der Waals surface area contributed by atoms with Gasteiger partial charge in [0, 0.05) is 6.20 Å². The van der Waals surface area contributed by atoms with E-state index in [1.165, 1.54) is 30.4 Å². The van der Waals surface area contributed by atoms with E-state index in [0.717, 1.165) is 11.8 Å². The van der Waals surface area contributed by atoms with Crippen LogP contribution in [0.25, 0.3) is 0 Å². The number of rotatable bonds is 0. The number of pyridine rings is 1. The molecule has 2 aliphatic carbocycles. The molecule has 0 spiro atoms. The quantitative estimate of drug-likeness (QED) is 0.558. The van der Waals surface area contributed by atoms with Gasteiger partial charge in [-0.1, -0.05) is 11.6 Å². The fourth-order valence-electron chi connectivity index (χ4n) is 2.70. The van der Waals surface area contributed by atoms with Crippen molar-refractivity contribution < 1.29 is 0 Å². The molecule has 0 aliphatic heterocycles. The van der Waals surface area contributed by atoms with Crippen LogP contribution < -0.4 is 0 Å². The Kier molecular flexibility index (Phi) is 1.28. The Hall–Kier alpha value is -0.560. The van der Waals surface area contributed by atoms with E-state index in [-0.39, 0.29) is 0 Å². The predicted octanol–water partition coefficient (Wildman–Crippen LogP) is 3.10. The molecule has 1 fully saturated rings. The molecule has 1 saturated carbocycles. The van der Waals surface area contributed by atoms with Gasteiger partial charge in [-0.15, -0.1) is 0 Å². The van der Waals surface area contributed by atoms with Crippen LogP contribution in [0.3, 0.4) is 0 Å². The Balaban J connectivity index is 2.20. The van der Waals surface area contributed by atoms with Gasteiger partial charge in [-0.25, -0.2) is 4.98 Å². The third-order valence-electron chi connectivity index (χ3n) is 3.25. The van der Waals surface area contributed by atoms with Gasteiger partial charge in [0.15, 0.2) is 0 Å². The molecule has 2 bridgehead atoms. The summed E-state index contributed by atoms with van der Waals surface area (Å²) in [7, 11) is 0. The van der Waals surface area contributed by atoms with Crippen LogP contribution in [0, 0.1) is 0 Å². The maximum Gasteiger partial charge on any atom is 0.129 e. The molecule has 1 nitrogen and oxygen atoms in total. The van der Waals surface area contributed by atoms with Crippen molar-refractivity contribution in [3.63, 3.8) is 0 Å². The molecule has 3 rings (SSSR count). The van der Waals surface area contributed by atoms with E-state index < -0.39 is 0 Å². The van der Waals surface area contributed by atoms with Crippen LogP contribution in [-0.2, 0) is 0 Å². The van der Waals surface area contributed by atoms with Crippen molar-refractivity contribution in [2.75, 3.05) is 0 Å². The number of fused-ring (bicyclic) bond motifs is 5. The number of hydrogen-bond acceptors (Lipinski definition) is 1. The van der Waals surface area contributed by atoms with E-state index >= 15 is 0 Å². The summed E-state index contributed by atoms with van der Waals surface area (Å²) in [6.45, 7) is 0. The van der Waals surface area contributed by atoms with Crippen molar-refractivity contribution in [3.8, 4) is 0 Å². The topological polar surface area (TPSA) is 12.9 Å². The zero-order valence-corrected chi connectivity index (χ0v) is 7.51. The zero-order chi connectivity index (χ0) is 8.13. The van der Waals surface area contributed by atoms with Gasteiger partial charge in [-0.2, -0.15) is 0 Å². The summed E-state index contributed by atoms with van der Waals surface area (Å²) in [5.41, 5.74) is 2.95. The van der Waals surface area contributed by atoms with Crippen LogP contribution in [0.4, 0.5) is 0 Å². The second kappa shape index (κ2) is 2.23. The summed E-state index contributed by atoms with van der Waals surface area (Å²) in [4.78, 5) is 4.13. The standard InChI is InChI=1S/C10H10ClN/c11-10-4-8-6-1-2-7(3-6)9(8)5-12-10/h4-7H,1-3H2. The van der Waals surface area contributed by atoms with Crippen LogP contribution in [0.2, 0.25) is 5.15 Å². The number of hydrogen-bond donors (Lipinski definition) is 0. The Morgan fingerprint density at radius 2 is 2.00 bits per heavy atom. The monoisotopic (exact) mass is 179 g/mol. The van der Waals surface area contributed by atoms with E-state index in [2.05, 4.69) is 11.1 Å². The van der Waals surface area contributed by atoms with E-state index in [1.54, 1.807) is 0 Å². The third-order valence-corrected chi connectivity index (χ3v) is 3.45. The highest BCUT2D eigenvalue weighted by Crippen LogP contribution is 2.52. The number of aromatic nitrogens is 1. The largest absolute Gasteiger partial charge is 0.244 e. The van der Waals surface area contributed by atoms with Gasteiger partial charge in [-0.3, -0.25) is 0 Å². The SMILES string of the molecule is Clc1cc2c(cn1)C1CCC2C1. The van der Waals surface area contributed by atoms with Gasteiger partial charge >= 0.3 is 0 Å². The minimum Gasteiger partial charge on any atom is -0.244 e. The van der Waals surface area contributed by atoms with Gasteiger partial charge in [-0.05, 0) is 48.3 Å². The van der Waals surface area contributed by atoms with Crippen molar-refractivity contribution in [2.45, 2.75) is 31.1 Å². The van der Waals surface area contributed by atoms with Gasteiger partial charge in [0.2, 0.25) is 0 Å². The minimum atomic E-state index is 0.654. The molecule has 0 N–H and O–H groups in total. The predicted molar refractivity (Wildman–Crippen MR) is 48.6 cm³/mol. The van der Waals surface area contributed by atoms with Gasteiger partial charge in [0.25, 0.3) is 0 Å². The van der Waals surface area contributed by atoms with Gasteiger partial charge in [0.05, 0.1) is 0 Å². The van der Waals surface area contributed by atoms with Crippen molar-refractivity contribution >= 4 is 11.6 Å². The van der Waals surface area contributed by atoms with Crippen LogP contribution in [0.5, 0.6) is 0 Å². The summed E-state index contributed by atoms with van der Waals surface area (Å²) in [5.74, 6) is 1.60. The summed E-state index contributed by atoms with van der Waals surface area (Å²) in [6.07, 6.45) is 6.04. The lowest BCUT2D eigenvalue weighted by Crippen LogP contribution is -1.98. The van der Waals surface area contributed by atoms with E-state index in [4.69, 9.17) is 11.6 Å². The molecule has 0 amide bonds. The van der Waals surface area contributed by atoms with Gasteiger partial charge in [0.1, 0.15) is 5.15 Å². The molecule has 12 heavy (non-hydrogen) atoms. The average molecular weight is 180 g/mol. The smallest absolute Gasteiger partial charge is 0.129 e. The lowest BCUT2D eigenvalue weighted by Gasteiger charge is -2.13. The molecular formula is C10H10ClN. The molecule has 1 aromatic heterocycles. The second-order valence-electron chi connectivity index (χ2n) is 3.84. The zero-order valence-electron chi connectivity index (χ0n) is 6.76. The first-order chi connectivity index (χ1) is 5.84. The highest BCUT2D eigenvalue weighted by Gasteiger charge is 2.36. The van der Waals surface area contributed by atoms with Gasteiger partial charge < -0.3 is 0 Å². The second-order valence-corrected chi connectivity index (χ2v) is 4.23. The molecule has 2 aliphatic rings. The first-order valence-electron chi connectivity index (χ1n) is 4.50. The van der Waals surface area contributed by atoms with Crippen LogP contribution >= 0.6 is 11.6 Å². The molecular weight excluding hydrogens is 170 g/mol. The van der Waals surface area contributed by atoms with E-state index in [1.807, 2.05) is 6.20 Å². The molecule has 0 radical (unpaired) electrons. The van der Waals surface area contributed by atoms with Crippen LogP contribution in [0.1, 0.15) is 42.2 Å². The maximum absolute atomic E-state index is 5.85. The fourth-order valence-corrected chi connectivity index (χ4v) is 2.86. The molecule has 1 aromatic rings. The highest BCUT2D eigenvalue weighted by molar-refractivity contribution is 6.29. The Morgan fingerprint density at radius 1 is 1.25 bits per heavy atom. The summed E-state index contributed by atoms with van der Waals surface area (Å²) >= 11 is 5.85. The Labute approximate surface area is 76.8 Å². The van der Waals surface area contributed by atoms with E-state index in [9.17, 15) is 0 Å². The Morgan fingerprint density at radius 3 is 2.83 bits per heavy atom. The molecule has 1 heterocycles. The normalized spacial score (nSPS) is 30.8. The van der Waals surface area contributed by atoms with Crippen molar-refractivity contribution in [3.05, 3.63) is 28.5 Å². The summed E-state index contributed by atoms with van der Waals surface area (Å²) in [6, 6.07) is 2.06. The van der Waals surface area contributed by atoms with Crippen molar-refractivity contribution in [1.82, 2.24) is 4.98 Å². The summed E-state index contributed by atoms with van der Waals surface area (Å²) < 4.78 is 0. The average Bonchev–Trinajstić information content (AvgIpc) is 2.63. The molecule has 2 heteroatoms.